The summed E-state index contributed by atoms with van der Waals surface area (Å²) >= 11 is 5.16. The molecule has 1 saturated heterocycles. The van der Waals surface area contributed by atoms with Crippen LogP contribution in [0.25, 0.3) is 0 Å². The Morgan fingerprint density at radius 3 is 2.05 bits per heavy atom. The van der Waals surface area contributed by atoms with Crippen LogP contribution in [-0.2, 0) is 4.79 Å². The third kappa shape index (κ3) is 3.45. The molecule has 1 aliphatic heterocycles. The molecular weight excluding hydrogens is 258 g/mol. The number of amides is 1. The molecule has 0 unspecified atom stereocenters. The minimum absolute atomic E-state index is 0.126. The van der Waals surface area contributed by atoms with Crippen molar-refractivity contribution in [2.45, 2.75) is 40.0 Å². The topological polar surface area (TPSA) is 49.6 Å². The second-order valence-electron chi connectivity index (χ2n) is 5.29. The SMILES string of the molecule is CCCN1CCN(C(=O)C(CC)(CC)C(N)=S)CC1. The van der Waals surface area contributed by atoms with E-state index in [1.807, 2.05) is 18.7 Å². The third-order valence-electron chi connectivity index (χ3n) is 4.29. The summed E-state index contributed by atoms with van der Waals surface area (Å²) in [6.07, 6.45) is 2.54. The smallest absolute Gasteiger partial charge is 0.235 e. The van der Waals surface area contributed by atoms with Crippen LogP contribution in [0.2, 0.25) is 0 Å². The zero-order chi connectivity index (χ0) is 14.5. The van der Waals surface area contributed by atoms with Gasteiger partial charge in [0.15, 0.2) is 0 Å². The Kier molecular flexibility index (Phi) is 6.20. The summed E-state index contributed by atoms with van der Waals surface area (Å²) in [7, 11) is 0. The zero-order valence-electron chi connectivity index (χ0n) is 12.4. The van der Waals surface area contributed by atoms with Crippen molar-refractivity contribution in [3.63, 3.8) is 0 Å². The largest absolute Gasteiger partial charge is 0.392 e. The first kappa shape index (κ1) is 16.4. The van der Waals surface area contributed by atoms with Gasteiger partial charge in [-0.15, -0.1) is 0 Å². The van der Waals surface area contributed by atoms with Crippen LogP contribution < -0.4 is 5.73 Å². The van der Waals surface area contributed by atoms with Gasteiger partial charge in [-0.2, -0.15) is 0 Å². The van der Waals surface area contributed by atoms with Gasteiger partial charge < -0.3 is 10.6 Å². The molecule has 1 heterocycles. The average Bonchev–Trinajstić information content (AvgIpc) is 2.41. The fourth-order valence-electron chi connectivity index (χ4n) is 2.80. The van der Waals surface area contributed by atoms with Gasteiger partial charge in [0.1, 0.15) is 0 Å². The Hall–Kier alpha value is -0.680. The van der Waals surface area contributed by atoms with Gasteiger partial charge in [0, 0.05) is 26.2 Å². The van der Waals surface area contributed by atoms with Crippen LogP contribution in [0.5, 0.6) is 0 Å². The molecule has 2 N–H and O–H groups in total. The lowest BCUT2D eigenvalue weighted by Crippen LogP contribution is -2.56. The van der Waals surface area contributed by atoms with Crippen LogP contribution in [0.3, 0.4) is 0 Å². The van der Waals surface area contributed by atoms with E-state index in [2.05, 4.69) is 11.8 Å². The second-order valence-corrected chi connectivity index (χ2v) is 5.73. The second kappa shape index (κ2) is 7.20. The molecule has 0 atom stereocenters. The first-order chi connectivity index (χ1) is 9.01. The average molecular weight is 285 g/mol. The number of piperazine rings is 1. The Morgan fingerprint density at radius 1 is 1.16 bits per heavy atom. The van der Waals surface area contributed by atoms with Crippen LogP contribution in [0, 0.1) is 5.41 Å². The van der Waals surface area contributed by atoms with Crippen molar-refractivity contribution in [1.29, 1.82) is 0 Å². The molecule has 0 aromatic rings. The molecule has 1 aliphatic rings. The van der Waals surface area contributed by atoms with Crippen LogP contribution in [-0.4, -0.2) is 53.4 Å². The van der Waals surface area contributed by atoms with E-state index in [1.165, 1.54) is 0 Å². The predicted molar refractivity (Wildman–Crippen MR) is 83.1 cm³/mol. The summed E-state index contributed by atoms with van der Waals surface area (Å²) in [6.45, 7) is 10.8. The van der Waals surface area contributed by atoms with E-state index >= 15 is 0 Å². The van der Waals surface area contributed by atoms with E-state index in [-0.39, 0.29) is 5.91 Å². The van der Waals surface area contributed by atoms with Gasteiger partial charge in [-0.3, -0.25) is 9.69 Å². The number of thiocarbonyl (C=S) groups is 1. The fourth-order valence-corrected chi connectivity index (χ4v) is 3.18. The molecule has 0 bridgehead atoms. The monoisotopic (exact) mass is 285 g/mol. The van der Waals surface area contributed by atoms with E-state index in [1.54, 1.807) is 0 Å². The molecule has 0 spiro atoms. The van der Waals surface area contributed by atoms with Crippen molar-refractivity contribution in [2.75, 3.05) is 32.7 Å². The van der Waals surface area contributed by atoms with E-state index in [0.29, 0.717) is 17.8 Å². The standard InChI is InChI=1S/C14H27N3OS/c1-4-7-16-8-10-17(11-9-16)13(18)14(5-2,6-3)12(15)19/h4-11H2,1-3H3,(H2,15,19). The quantitative estimate of drug-likeness (QED) is 0.754. The molecule has 0 radical (unpaired) electrons. The Morgan fingerprint density at radius 2 is 1.68 bits per heavy atom. The van der Waals surface area contributed by atoms with Gasteiger partial charge in [-0.1, -0.05) is 33.0 Å². The number of rotatable bonds is 6. The van der Waals surface area contributed by atoms with Crippen LogP contribution in [0.15, 0.2) is 0 Å². The van der Waals surface area contributed by atoms with Crippen molar-refractivity contribution >= 4 is 23.1 Å². The lowest BCUT2D eigenvalue weighted by Gasteiger charge is -2.40. The molecule has 1 fully saturated rings. The van der Waals surface area contributed by atoms with Crippen molar-refractivity contribution < 1.29 is 4.79 Å². The molecule has 110 valence electrons. The molecule has 5 heteroatoms. The molecule has 0 saturated carbocycles. The third-order valence-corrected chi connectivity index (χ3v) is 4.68. The van der Waals surface area contributed by atoms with Crippen molar-refractivity contribution in [3.8, 4) is 0 Å². The highest BCUT2D eigenvalue weighted by Gasteiger charge is 2.41. The van der Waals surface area contributed by atoms with Crippen LogP contribution in [0.1, 0.15) is 40.0 Å². The van der Waals surface area contributed by atoms with Gasteiger partial charge in [0.25, 0.3) is 0 Å². The summed E-state index contributed by atoms with van der Waals surface area (Å²) in [4.78, 5) is 17.4. The lowest BCUT2D eigenvalue weighted by molar-refractivity contribution is -0.140. The summed E-state index contributed by atoms with van der Waals surface area (Å²) in [5.74, 6) is 0.126. The first-order valence-corrected chi connectivity index (χ1v) is 7.74. The minimum Gasteiger partial charge on any atom is -0.392 e. The molecular formula is C14H27N3OS. The van der Waals surface area contributed by atoms with Crippen molar-refractivity contribution in [1.82, 2.24) is 9.80 Å². The number of carbonyl (C=O) groups excluding carboxylic acids is 1. The summed E-state index contributed by atoms with van der Waals surface area (Å²) < 4.78 is 0. The Labute approximate surface area is 122 Å². The van der Waals surface area contributed by atoms with Gasteiger partial charge in [0.05, 0.1) is 10.4 Å². The predicted octanol–water partition coefficient (Wildman–Crippen LogP) is 1.63. The first-order valence-electron chi connectivity index (χ1n) is 7.33. The molecule has 0 aliphatic carbocycles. The van der Waals surface area contributed by atoms with Gasteiger partial charge in [-0.25, -0.2) is 0 Å². The maximum Gasteiger partial charge on any atom is 0.235 e. The maximum absolute atomic E-state index is 12.7. The number of hydrogen-bond acceptors (Lipinski definition) is 3. The molecule has 4 nitrogen and oxygen atoms in total. The van der Waals surface area contributed by atoms with Gasteiger partial charge in [0.2, 0.25) is 5.91 Å². The highest BCUT2D eigenvalue weighted by molar-refractivity contribution is 7.80. The highest BCUT2D eigenvalue weighted by atomic mass is 32.1. The summed E-state index contributed by atoms with van der Waals surface area (Å²) in [5.41, 5.74) is 5.21. The normalized spacial score (nSPS) is 17.5. The molecule has 1 amide bonds. The summed E-state index contributed by atoms with van der Waals surface area (Å²) in [6, 6.07) is 0. The fraction of sp³-hybridized carbons (Fsp3) is 0.857. The number of hydrogen-bond donors (Lipinski definition) is 1. The number of nitrogens with two attached hydrogens (primary N) is 1. The zero-order valence-corrected chi connectivity index (χ0v) is 13.3. The Balaban J connectivity index is 2.70. The maximum atomic E-state index is 12.7. The van der Waals surface area contributed by atoms with Gasteiger partial charge in [-0.05, 0) is 25.8 Å². The Bertz CT molecular complexity index is 321. The lowest BCUT2D eigenvalue weighted by atomic mass is 9.80. The van der Waals surface area contributed by atoms with Crippen LogP contribution in [0.4, 0.5) is 0 Å². The van der Waals surface area contributed by atoms with E-state index in [0.717, 1.165) is 39.1 Å². The molecule has 19 heavy (non-hydrogen) atoms. The minimum atomic E-state index is -0.637. The van der Waals surface area contributed by atoms with E-state index < -0.39 is 5.41 Å². The van der Waals surface area contributed by atoms with E-state index in [9.17, 15) is 4.79 Å². The summed E-state index contributed by atoms with van der Waals surface area (Å²) in [5, 5.41) is 0. The molecule has 0 aromatic heterocycles. The molecule has 1 rings (SSSR count). The van der Waals surface area contributed by atoms with Crippen molar-refractivity contribution in [3.05, 3.63) is 0 Å². The van der Waals surface area contributed by atoms with Crippen molar-refractivity contribution in [2.24, 2.45) is 11.1 Å². The van der Waals surface area contributed by atoms with Gasteiger partial charge >= 0.3 is 0 Å². The highest BCUT2D eigenvalue weighted by Crippen LogP contribution is 2.30. The van der Waals surface area contributed by atoms with Crippen LogP contribution >= 0.6 is 12.2 Å². The number of carbonyl (C=O) groups is 1. The molecule has 0 aromatic carbocycles. The van der Waals surface area contributed by atoms with E-state index in [4.69, 9.17) is 18.0 Å². The number of nitrogens with zero attached hydrogens (tertiary/aromatic N) is 2.